The molecular formula is C16H21FN6O2. The highest BCUT2D eigenvalue weighted by molar-refractivity contribution is 5.49. The van der Waals surface area contributed by atoms with E-state index in [0.717, 1.165) is 31.9 Å². The summed E-state index contributed by atoms with van der Waals surface area (Å²) in [6.07, 6.45) is 0. The number of methoxy groups -OCH3 is 1. The molecule has 1 aliphatic heterocycles. The highest BCUT2D eigenvalue weighted by atomic mass is 19.1. The van der Waals surface area contributed by atoms with E-state index < -0.39 is 0 Å². The molecule has 2 heterocycles. The van der Waals surface area contributed by atoms with Gasteiger partial charge in [-0.05, 0) is 24.3 Å². The minimum Gasteiger partial charge on any atom is -0.467 e. The predicted molar refractivity (Wildman–Crippen MR) is 92.8 cm³/mol. The Morgan fingerprint density at radius 1 is 1.08 bits per heavy atom. The Hall–Kier alpha value is -2.68. The Morgan fingerprint density at radius 2 is 1.76 bits per heavy atom. The maximum absolute atomic E-state index is 13.1. The summed E-state index contributed by atoms with van der Waals surface area (Å²) in [6.45, 7) is 3.34. The normalized spacial score (nSPS) is 14.5. The van der Waals surface area contributed by atoms with Gasteiger partial charge in [-0.15, -0.1) is 0 Å². The molecule has 134 valence electrons. The Morgan fingerprint density at radius 3 is 2.40 bits per heavy atom. The second kappa shape index (κ2) is 7.93. The summed E-state index contributed by atoms with van der Waals surface area (Å²) in [6, 6.07) is 6.74. The van der Waals surface area contributed by atoms with Gasteiger partial charge >= 0.3 is 6.01 Å². The number of rotatable bonds is 6. The number of nitrogens with zero attached hydrogens (tertiary/aromatic N) is 5. The zero-order valence-corrected chi connectivity index (χ0v) is 14.0. The maximum Gasteiger partial charge on any atom is 0.322 e. The standard InChI is InChI=1S/C16H21FN6O2/c1-25-16-20-14(18-6-11-24)19-15(21-16)23-9-7-22(8-10-23)13-4-2-12(17)3-5-13/h2-5,24H,6-11H2,1H3,(H,18,19,20,21). The van der Waals surface area contributed by atoms with Crippen molar-refractivity contribution in [3.05, 3.63) is 30.1 Å². The van der Waals surface area contributed by atoms with E-state index in [1.54, 1.807) is 12.1 Å². The van der Waals surface area contributed by atoms with Crippen LogP contribution in [0.2, 0.25) is 0 Å². The lowest BCUT2D eigenvalue weighted by Gasteiger charge is -2.36. The van der Waals surface area contributed by atoms with Gasteiger partial charge in [-0.25, -0.2) is 4.39 Å². The molecule has 9 heteroatoms. The van der Waals surface area contributed by atoms with Crippen molar-refractivity contribution in [2.24, 2.45) is 0 Å². The Bertz CT molecular complexity index is 692. The van der Waals surface area contributed by atoms with Crippen molar-refractivity contribution in [2.75, 3.05) is 61.6 Å². The predicted octanol–water partition coefficient (Wildman–Crippen LogP) is 0.750. The van der Waals surface area contributed by atoms with Crippen LogP contribution in [0, 0.1) is 5.82 Å². The van der Waals surface area contributed by atoms with Gasteiger partial charge in [0.15, 0.2) is 0 Å². The molecule has 1 aromatic carbocycles. The smallest absolute Gasteiger partial charge is 0.322 e. The number of aliphatic hydroxyl groups is 1. The number of nitrogens with one attached hydrogen (secondary N) is 1. The molecule has 2 aromatic rings. The first-order valence-electron chi connectivity index (χ1n) is 8.10. The fourth-order valence-electron chi connectivity index (χ4n) is 2.64. The zero-order valence-electron chi connectivity index (χ0n) is 14.0. The average Bonchev–Trinajstić information content (AvgIpc) is 2.67. The lowest BCUT2D eigenvalue weighted by Crippen LogP contribution is -2.47. The number of hydrogen-bond donors (Lipinski definition) is 2. The van der Waals surface area contributed by atoms with E-state index in [1.807, 2.05) is 4.90 Å². The van der Waals surface area contributed by atoms with Gasteiger partial charge in [-0.3, -0.25) is 0 Å². The third kappa shape index (κ3) is 4.24. The summed E-state index contributed by atoms with van der Waals surface area (Å²) in [5.74, 6) is 0.672. The molecule has 1 fully saturated rings. The van der Waals surface area contributed by atoms with E-state index >= 15 is 0 Å². The van der Waals surface area contributed by atoms with Gasteiger partial charge in [0.2, 0.25) is 11.9 Å². The van der Waals surface area contributed by atoms with Gasteiger partial charge in [0.25, 0.3) is 0 Å². The minimum atomic E-state index is -0.234. The third-order valence-corrected chi connectivity index (χ3v) is 3.93. The van der Waals surface area contributed by atoms with Crippen LogP contribution < -0.4 is 19.9 Å². The highest BCUT2D eigenvalue weighted by Gasteiger charge is 2.21. The topological polar surface area (TPSA) is 86.6 Å². The summed E-state index contributed by atoms with van der Waals surface area (Å²) in [7, 11) is 1.50. The summed E-state index contributed by atoms with van der Waals surface area (Å²) in [5, 5.41) is 11.8. The number of aliphatic hydroxyl groups excluding tert-OH is 1. The van der Waals surface area contributed by atoms with Crippen molar-refractivity contribution in [2.45, 2.75) is 0 Å². The molecule has 1 aromatic heterocycles. The second-order valence-electron chi connectivity index (χ2n) is 5.55. The van der Waals surface area contributed by atoms with E-state index in [9.17, 15) is 4.39 Å². The molecule has 0 spiro atoms. The summed E-state index contributed by atoms with van der Waals surface area (Å²) in [5.41, 5.74) is 1.000. The van der Waals surface area contributed by atoms with E-state index in [1.165, 1.54) is 19.2 Å². The number of hydrogen-bond acceptors (Lipinski definition) is 8. The van der Waals surface area contributed by atoms with Crippen molar-refractivity contribution >= 4 is 17.6 Å². The Labute approximate surface area is 145 Å². The summed E-state index contributed by atoms with van der Waals surface area (Å²) < 4.78 is 18.2. The number of benzene rings is 1. The molecule has 0 radical (unpaired) electrons. The number of ether oxygens (including phenoxy) is 1. The maximum atomic E-state index is 13.1. The largest absolute Gasteiger partial charge is 0.467 e. The fraction of sp³-hybridized carbons (Fsp3) is 0.438. The molecule has 1 aliphatic rings. The molecule has 0 saturated carbocycles. The molecule has 0 bridgehead atoms. The molecule has 0 aliphatic carbocycles. The van der Waals surface area contributed by atoms with Gasteiger partial charge in [0.1, 0.15) is 5.82 Å². The van der Waals surface area contributed by atoms with Crippen LogP contribution in [-0.2, 0) is 0 Å². The van der Waals surface area contributed by atoms with Gasteiger partial charge in [-0.1, -0.05) is 0 Å². The molecule has 0 amide bonds. The summed E-state index contributed by atoms with van der Waals surface area (Å²) in [4.78, 5) is 17.0. The molecule has 1 saturated heterocycles. The Balaban J connectivity index is 1.68. The summed E-state index contributed by atoms with van der Waals surface area (Å²) >= 11 is 0. The molecule has 3 rings (SSSR count). The highest BCUT2D eigenvalue weighted by Crippen LogP contribution is 2.20. The molecule has 2 N–H and O–H groups in total. The van der Waals surface area contributed by atoms with Gasteiger partial charge in [-0.2, -0.15) is 15.0 Å². The van der Waals surface area contributed by atoms with E-state index in [0.29, 0.717) is 18.4 Å². The quantitative estimate of drug-likeness (QED) is 0.791. The number of aromatic nitrogens is 3. The van der Waals surface area contributed by atoms with Crippen LogP contribution in [0.3, 0.4) is 0 Å². The van der Waals surface area contributed by atoms with Crippen LogP contribution in [0.25, 0.3) is 0 Å². The molecule has 0 atom stereocenters. The molecule has 8 nitrogen and oxygen atoms in total. The van der Waals surface area contributed by atoms with Crippen LogP contribution in [0.15, 0.2) is 24.3 Å². The monoisotopic (exact) mass is 348 g/mol. The van der Waals surface area contributed by atoms with Crippen molar-refractivity contribution in [3.8, 4) is 6.01 Å². The number of piperazine rings is 1. The lowest BCUT2D eigenvalue weighted by atomic mass is 10.2. The fourth-order valence-corrected chi connectivity index (χ4v) is 2.64. The second-order valence-corrected chi connectivity index (χ2v) is 5.55. The van der Waals surface area contributed by atoms with Crippen molar-refractivity contribution in [1.29, 1.82) is 0 Å². The first kappa shape index (κ1) is 17.2. The van der Waals surface area contributed by atoms with Gasteiger partial charge < -0.3 is 25.0 Å². The van der Waals surface area contributed by atoms with Crippen LogP contribution in [0.4, 0.5) is 22.0 Å². The third-order valence-electron chi connectivity index (χ3n) is 3.93. The number of anilines is 3. The number of halogens is 1. The van der Waals surface area contributed by atoms with Crippen LogP contribution in [0.5, 0.6) is 6.01 Å². The van der Waals surface area contributed by atoms with Crippen LogP contribution in [0.1, 0.15) is 0 Å². The average molecular weight is 348 g/mol. The van der Waals surface area contributed by atoms with Crippen molar-refractivity contribution in [3.63, 3.8) is 0 Å². The molecular weight excluding hydrogens is 327 g/mol. The van der Waals surface area contributed by atoms with Crippen LogP contribution >= 0.6 is 0 Å². The minimum absolute atomic E-state index is 0.0142. The molecule has 25 heavy (non-hydrogen) atoms. The van der Waals surface area contributed by atoms with Crippen LogP contribution in [-0.4, -0.2) is 66.5 Å². The zero-order chi connectivity index (χ0) is 17.6. The SMILES string of the molecule is COc1nc(NCCO)nc(N2CCN(c3ccc(F)cc3)CC2)n1. The van der Waals surface area contributed by atoms with E-state index in [-0.39, 0.29) is 18.4 Å². The molecule has 0 unspecified atom stereocenters. The van der Waals surface area contributed by atoms with Gasteiger partial charge in [0, 0.05) is 38.4 Å². The lowest BCUT2D eigenvalue weighted by molar-refractivity contribution is 0.310. The van der Waals surface area contributed by atoms with Crippen molar-refractivity contribution < 1.29 is 14.2 Å². The first-order chi connectivity index (χ1) is 12.2. The first-order valence-corrected chi connectivity index (χ1v) is 8.10. The Kier molecular flexibility index (Phi) is 5.44. The van der Waals surface area contributed by atoms with E-state index in [4.69, 9.17) is 9.84 Å². The van der Waals surface area contributed by atoms with E-state index in [2.05, 4.69) is 25.2 Å². The van der Waals surface area contributed by atoms with Gasteiger partial charge in [0.05, 0.1) is 13.7 Å². The van der Waals surface area contributed by atoms with Crippen molar-refractivity contribution in [1.82, 2.24) is 15.0 Å².